The van der Waals surface area contributed by atoms with Crippen molar-refractivity contribution in [3.8, 4) is 0 Å². The van der Waals surface area contributed by atoms with E-state index >= 15 is 0 Å². The number of thioether (sulfide) groups is 1. The van der Waals surface area contributed by atoms with E-state index in [0.717, 1.165) is 39.0 Å². The van der Waals surface area contributed by atoms with Crippen LogP contribution in [-0.4, -0.2) is 29.3 Å². The largest absolute Gasteiger partial charge is 0.361 e. The number of anilines is 2. The number of fused-ring (bicyclic) bond motifs is 2. The van der Waals surface area contributed by atoms with Gasteiger partial charge in [0.1, 0.15) is 10.9 Å². The number of para-hydroxylation sites is 2. The molecule has 7 rings (SSSR count). The molecule has 0 fully saturated rings. The first-order valence-electron chi connectivity index (χ1n) is 15.7. The molecule has 7 nitrogen and oxygen atoms in total. The Balaban J connectivity index is 1.11. The van der Waals surface area contributed by atoms with Crippen molar-refractivity contribution in [2.75, 3.05) is 16.8 Å². The summed E-state index contributed by atoms with van der Waals surface area (Å²) in [5, 5.41) is 6.22. The number of H-pyrrole nitrogens is 1. The molecule has 1 aliphatic rings. The summed E-state index contributed by atoms with van der Waals surface area (Å²) in [6, 6.07) is 41.8. The Labute approximate surface area is 282 Å². The molecule has 48 heavy (non-hydrogen) atoms. The lowest BCUT2D eigenvalue weighted by atomic mass is 10.1. The van der Waals surface area contributed by atoms with E-state index in [0.29, 0.717) is 17.8 Å². The lowest BCUT2D eigenvalue weighted by Gasteiger charge is -2.24. The average Bonchev–Trinajstić information content (AvgIpc) is 3.76. The van der Waals surface area contributed by atoms with Crippen LogP contribution in [0.1, 0.15) is 32.3 Å². The third-order valence-corrected chi connectivity index (χ3v) is 9.55. The van der Waals surface area contributed by atoms with Crippen LogP contribution >= 0.6 is 11.8 Å². The molecule has 2 heterocycles. The quantitative estimate of drug-likeness (QED) is 0.109. The van der Waals surface area contributed by atoms with Crippen LogP contribution in [0.2, 0.25) is 0 Å². The van der Waals surface area contributed by atoms with Crippen LogP contribution in [0.25, 0.3) is 17.0 Å². The molecule has 6 aromatic rings. The normalized spacial score (nSPS) is 13.2. The Morgan fingerprint density at radius 2 is 1.46 bits per heavy atom. The molecule has 1 unspecified atom stereocenters. The molecule has 1 atom stereocenters. The molecule has 1 aliphatic heterocycles. The Morgan fingerprint density at radius 1 is 0.771 bits per heavy atom. The molecule has 3 N–H and O–H groups in total. The molecule has 236 valence electrons. The monoisotopic (exact) mass is 648 g/mol. The summed E-state index contributed by atoms with van der Waals surface area (Å²) in [4.78, 5) is 46.8. The Bertz CT molecular complexity index is 2130. The maximum absolute atomic E-state index is 14.0. The first-order valence-corrected chi connectivity index (χ1v) is 16.6. The van der Waals surface area contributed by atoms with Crippen LogP contribution < -0.4 is 15.5 Å². The summed E-state index contributed by atoms with van der Waals surface area (Å²) in [5.41, 5.74) is 5.87. The zero-order valence-electron chi connectivity index (χ0n) is 25.9. The molecular weight excluding hydrogens is 617 g/mol. The molecule has 0 spiro atoms. The van der Waals surface area contributed by atoms with E-state index in [1.165, 1.54) is 17.3 Å². The standard InChI is InChI=1S/C40H32N4O3S/c45-38(29-14-5-2-6-15-29)43-35(25-30-26-41-34-17-9-8-16-33(30)34)39(46)42-31-19-21-32(22-20-31)48-37(28-12-3-1-4-13-28)40(47)44-24-23-27-11-7-10-18-36(27)44/h1-22,25-26,37,41H,23-24H2,(H,42,46)(H,43,45)/b35-25-. The van der Waals surface area contributed by atoms with E-state index in [-0.39, 0.29) is 17.5 Å². The number of amides is 3. The van der Waals surface area contributed by atoms with Gasteiger partial charge in [-0.2, -0.15) is 0 Å². The van der Waals surface area contributed by atoms with Crippen molar-refractivity contribution in [2.24, 2.45) is 0 Å². The van der Waals surface area contributed by atoms with E-state index < -0.39 is 11.2 Å². The molecule has 3 amide bonds. The van der Waals surface area contributed by atoms with E-state index in [9.17, 15) is 14.4 Å². The number of nitrogens with zero attached hydrogens (tertiary/aromatic N) is 1. The van der Waals surface area contributed by atoms with Gasteiger partial charge in [0.2, 0.25) is 5.91 Å². The third-order valence-electron chi connectivity index (χ3n) is 8.30. The SMILES string of the molecule is O=C(Nc1ccc(SC(C(=O)N2CCc3ccccc32)c2ccccc2)cc1)/C(=C/c1c[nH]c2ccccc12)NC(=O)c1ccccc1. The van der Waals surface area contributed by atoms with Crippen molar-refractivity contribution >= 4 is 57.8 Å². The van der Waals surface area contributed by atoms with Gasteiger partial charge in [-0.15, -0.1) is 11.8 Å². The Kier molecular flexibility index (Phi) is 8.89. The molecule has 8 heteroatoms. The van der Waals surface area contributed by atoms with Gasteiger partial charge in [0.25, 0.3) is 11.8 Å². The fraction of sp³-hybridized carbons (Fsp3) is 0.0750. The first-order chi connectivity index (χ1) is 23.5. The van der Waals surface area contributed by atoms with Gasteiger partial charge in [-0.3, -0.25) is 14.4 Å². The van der Waals surface area contributed by atoms with Crippen LogP contribution in [0.15, 0.2) is 150 Å². The summed E-state index contributed by atoms with van der Waals surface area (Å²) < 4.78 is 0. The minimum absolute atomic E-state index is 0.0368. The molecule has 1 aromatic heterocycles. The lowest BCUT2D eigenvalue weighted by Crippen LogP contribution is -2.32. The average molecular weight is 649 g/mol. The van der Waals surface area contributed by atoms with Crippen LogP contribution in [-0.2, 0) is 16.0 Å². The van der Waals surface area contributed by atoms with Crippen LogP contribution in [0.4, 0.5) is 11.4 Å². The number of carbonyl (C=O) groups excluding carboxylic acids is 3. The smallest absolute Gasteiger partial charge is 0.272 e. The molecule has 0 aliphatic carbocycles. The second kappa shape index (κ2) is 13.9. The predicted molar refractivity (Wildman–Crippen MR) is 193 cm³/mol. The maximum Gasteiger partial charge on any atom is 0.272 e. The summed E-state index contributed by atoms with van der Waals surface area (Å²) in [7, 11) is 0. The molecule has 0 bridgehead atoms. The summed E-state index contributed by atoms with van der Waals surface area (Å²) in [6.07, 6.45) is 4.32. The van der Waals surface area contributed by atoms with Gasteiger partial charge in [-0.25, -0.2) is 0 Å². The minimum Gasteiger partial charge on any atom is -0.361 e. The van der Waals surface area contributed by atoms with Crippen molar-refractivity contribution in [1.29, 1.82) is 0 Å². The number of aromatic amines is 1. The van der Waals surface area contributed by atoms with Crippen molar-refractivity contribution in [3.63, 3.8) is 0 Å². The van der Waals surface area contributed by atoms with Crippen molar-refractivity contribution in [2.45, 2.75) is 16.6 Å². The van der Waals surface area contributed by atoms with E-state index in [1.54, 1.807) is 42.5 Å². The van der Waals surface area contributed by atoms with Gasteiger partial charge in [-0.1, -0.05) is 84.9 Å². The highest BCUT2D eigenvalue weighted by molar-refractivity contribution is 8.00. The third kappa shape index (κ3) is 6.65. The van der Waals surface area contributed by atoms with E-state index in [1.807, 2.05) is 102 Å². The second-order valence-corrected chi connectivity index (χ2v) is 12.6. The second-order valence-electron chi connectivity index (χ2n) is 11.4. The fourth-order valence-corrected chi connectivity index (χ4v) is 6.95. The number of rotatable bonds is 9. The molecule has 0 saturated heterocycles. The van der Waals surface area contributed by atoms with Crippen molar-refractivity contribution in [3.05, 3.63) is 168 Å². The zero-order chi connectivity index (χ0) is 32.9. The summed E-state index contributed by atoms with van der Waals surface area (Å²) >= 11 is 1.48. The number of carbonyl (C=O) groups is 3. The van der Waals surface area contributed by atoms with Crippen LogP contribution in [0, 0.1) is 0 Å². The van der Waals surface area contributed by atoms with Gasteiger partial charge in [0.05, 0.1) is 0 Å². The number of hydrogen-bond acceptors (Lipinski definition) is 4. The van der Waals surface area contributed by atoms with Gasteiger partial charge in [0, 0.05) is 51.0 Å². The molecular formula is C40H32N4O3S. The van der Waals surface area contributed by atoms with Crippen molar-refractivity contribution in [1.82, 2.24) is 10.3 Å². The number of nitrogens with one attached hydrogen (secondary N) is 3. The van der Waals surface area contributed by atoms with Crippen molar-refractivity contribution < 1.29 is 14.4 Å². The van der Waals surface area contributed by atoms with Crippen LogP contribution in [0.3, 0.4) is 0 Å². The summed E-state index contributed by atoms with van der Waals surface area (Å²) in [6.45, 7) is 0.655. The molecule has 0 saturated carbocycles. The fourth-order valence-electron chi connectivity index (χ4n) is 5.86. The number of hydrogen-bond donors (Lipinski definition) is 3. The van der Waals surface area contributed by atoms with Crippen LogP contribution in [0.5, 0.6) is 0 Å². The highest BCUT2D eigenvalue weighted by Crippen LogP contribution is 2.40. The maximum atomic E-state index is 14.0. The Hall–Kier alpha value is -5.86. The van der Waals surface area contributed by atoms with Gasteiger partial charge in [-0.05, 0) is 72.2 Å². The Morgan fingerprint density at radius 3 is 2.25 bits per heavy atom. The molecule has 0 radical (unpaired) electrons. The van der Waals surface area contributed by atoms with Gasteiger partial charge in [0.15, 0.2) is 0 Å². The number of aromatic nitrogens is 1. The first kappa shape index (κ1) is 30.8. The van der Waals surface area contributed by atoms with Gasteiger partial charge < -0.3 is 20.5 Å². The van der Waals surface area contributed by atoms with E-state index in [2.05, 4.69) is 21.7 Å². The molecule has 5 aromatic carbocycles. The zero-order valence-corrected chi connectivity index (χ0v) is 26.7. The summed E-state index contributed by atoms with van der Waals surface area (Å²) in [5.74, 6) is -0.814. The van der Waals surface area contributed by atoms with Gasteiger partial charge >= 0.3 is 0 Å². The highest BCUT2D eigenvalue weighted by Gasteiger charge is 2.31. The topological polar surface area (TPSA) is 94.3 Å². The minimum atomic E-state index is -0.463. The lowest BCUT2D eigenvalue weighted by molar-refractivity contribution is -0.118. The highest BCUT2D eigenvalue weighted by atomic mass is 32.2. The van der Waals surface area contributed by atoms with E-state index in [4.69, 9.17) is 0 Å². The predicted octanol–water partition coefficient (Wildman–Crippen LogP) is 8.00. The number of benzene rings is 5.